The van der Waals surface area contributed by atoms with Gasteiger partial charge in [0.25, 0.3) is 0 Å². The van der Waals surface area contributed by atoms with Crippen molar-refractivity contribution in [2.24, 2.45) is 0 Å². The van der Waals surface area contributed by atoms with Crippen LogP contribution in [0.3, 0.4) is 0 Å². The van der Waals surface area contributed by atoms with E-state index in [1.54, 1.807) is 0 Å². The fraction of sp³-hybridized carbons (Fsp3) is 0.250. The molecule has 0 heterocycles. The summed E-state index contributed by atoms with van der Waals surface area (Å²) in [6.45, 7) is 2.12. The van der Waals surface area contributed by atoms with Crippen LogP contribution in [0.15, 0.2) is 59.5 Å². The number of rotatable bonds is 5. The van der Waals surface area contributed by atoms with E-state index in [9.17, 15) is 0 Å². The second-order valence-corrected chi connectivity index (χ2v) is 5.47. The molecular formula is C16H19NS. The lowest BCUT2D eigenvalue weighted by Crippen LogP contribution is -2.18. The summed E-state index contributed by atoms with van der Waals surface area (Å²) in [5.41, 5.74) is 2.66. The van der Waals surface area contributed by atoms with Gasteiger partial charge in [0.15, 0.2) is 0 Å². The zero-order valence-electron chi connectivity index (χ0n) is 10.9. The molecule has 0 fully saturated rings. The molecule has 0 aromatic heterocycles. The number of aryl methyl sites for hydroxylation is 1. The zero-order chi connectivity index (χ0) is 12.8. The van der Waals surface area contributed by atoms with Crippen LogP contribution in [0.4, 0.5) is 0 Å². The first-order valence-corrected chi connectivity index (χ1v) is 7.20. The molecular weight excluding hydrogens is 238 g/mol. The van der Waals surface area contributed by atoms with Gasteiger partial charge in [0, 0.05) is 16.7 Å². The Balaban J connectivity index is 1.99. The molecule has 1 N–H and O–H groups in total. The Kier molecular flexibility index (Phi) is 4.85. The van der Waals surface area contributed by atoms with E-state index in [1.165, 1.54) is 16.0 Å². The van der Waals surface area contributed by atoms with Crippen molar-refractivity contribution in [1.82, 2.24) is 5.32 Å². The molecule has 2 aromatic rings. The molecule has 0 aliphatic carbocycles. The van der Waals surface area contributed by atoms with Gasteiger partial charge in [0.2, 0.25) is 0 Å². The summed E-state index contributed by atoms with van der Waals surface area (Å²) in [4.78, 5) is 1.32. The van der Waals surface area contributed by atoms with Gasteiger partial charge in [-0.05, 0) is 31.7 Å². The van der Waals surface area contributed by atoms with Crippen molar-refractivity contribution in [1.29, 1.82) is 0 Å². The Bertz CT molecular complexity index is 464. The van der Waals surface area contributed by atoms with Crippen LogP contribution >= 0.6 is 11.8 Å². The topological polar surface area (TPSA) is 12.0 Å². The van der Waals surface area contributed by atoms with E-state index in [2.05, 4.69) is 66.8 Å². The molecule has 1 nitrogen and oxygen atoms in total. The maximum atomic E-state index is 3.39. The second-order valence-electron chi connectivity index (χ2n) is 4.38. The summed E-state index contributed by atoms with van der Waals surface area (Å²) in [5.74, 6) is 1.05. The monoisotopic (exact) mass is 257 g/mol. The predicted molar refractivity (Wildman–Crippen MR) is 80.1 cm³/mol. The maximum Gasteiger partial charge on any atom is 0.0412 e. The summed E-state index contributed by atoms with van der Waals surface area (Å²) < 4.78 is 0. The van der Waals surface area contributed by atoms with Crippen LogP contribution in [-0.4, -0.2) is 12.8 Å². The fourth-order valence-electron chi connectivity index (χ4n) is 1.84. The SMILES string of the molecule is CNC(CSc1ccccc1)c1ccc(C)cc1. The lowest BCUT2D eigenvalue weighted by molar-refractivity contribution is 0.661. The largest absolute Gasteiger partial charge is 0.312 e. The highest BCUT2D eigenvalue weighted by Crippen LogP contribution is 2.24. The Morgan fingerprint density at radius 3 is 2.28 bits per heavy atom. The summed E-state index contributed by atoms with van der Waals surface area (Å²) in [6.07, 6.45) is 0. The molecule has 0 saturated heterocycles. The molecule has 18 heavy (non-hydrogen) atoms. The maximum absolute atomic E-state index is 3.39. The average Bonchev–Trinajstić information content (AvgIpc) is 2.42. The molecule has 0 saturated carbocycles. The first kappa shape index (κ1) is 13.2. The number of benzene rings is 2. The molecule has 0 radical (unpaired) electrons. The summed E-state index contributed by atoms with van der Waals surface area (Å²) in [5, 5.41) is 3.39. The number of thioether (sulfide) groups is 1. The van der Waals surface area contributed by atoms with Crippen LogP contribution in [0.5, 0.6) is 0 Å². The van der Waals surface area contributed by atoms with Gasteiger partial charge < -0.3 is 5.32 Å². The van der Waals surface area contributed by atoms with Crippen molar-refractivity contribution in [2.45, 2.75) is 17.9 Å². The van der Waals surface area contributed by atoms with Crippen LogP contribution in [0.2, 0.25) is 0 Å². The van der Waals surface area contributed by atoms with E-state index in [0.717, 1.165) is 5.75 Å². The van der Waals surface area contributed by atoms with Gasteiger partial charge in [-0.2, -0.15) is 0 Å². The molecule has 2 rings (SSSR count). The van der Waals surface area contributed by atoms with Gasteiger partial charge in [-0.1, -0.05) is 48.0 Å². The van der Waals surface area contributed by atoms with Crippen LogP contribution < -0.4 is 5.32 Å². The van der Waals surface area contributed by atoms with Gasteiger partial charge >= 0.3 is 0 Å². The minimum Gasteiger partial charge on any atom is -0.312 e. The number of hydrogen-bond acceptors (Lipinski definition) is 2. The number of hydrogen-bond donors (Lipinski definition) is 1. The normalized spacial score (nSPS) is 12.3. The highest BCUT2D eigenvalue weighted by molar-refractivity contribution is 7.99. The first-order valence-electron chi connectivity index (χ1n) is 6.21. The molecule has 0 bridgehead atoms. The van der Waals surface area contributed by atoms with Crippen molar-refractivity contribution < 1.29 is 0 Å². The third kappa shape index (κ3) is 3.62. The Morgan fingerprint density at radius 2 is 1.67 bits per heavy atom. The molecule has 0 aliphatic heterocycles. The quantitative estimate of drug-likeness (QED) is 0.811. The van der Waals surface area contributed by atoms with Crippen molar-refractivity contribution in [3.05, 3.63) is 65.7 Å². The first-order chi connectivity index (χ1) is 8.79. The molecule has 0 spiro atoms. The molecule has 0 amide bonds. The van der Waals surface area contributed by atoms with E-state index in [0.29, 0.717) is 6.04 Å². The minimum absolute atomic E-state index is 0.399. The van der Waals surface area contributed by atoms with Gasteiger partial charge in [0.05, 0.1) is 0 Å². The van der Waals surface area contributed by atoms with Crippen molar-refractivity contribution in [3.8, 4) is 0 Å². The van der Waals surface area contributed by atoms with E-state index < -0.39 is 0 Å². The van der Waals surface area contributed by atoms with Gasteiger partial charge in [0.1, 0.15) is 0 Å². The van der Waals surface area contributed by atoms with Crippen molar-refractivity contribution in [3.63, 3.8) is 0 Å². The molecule has 94 valence electrons. The van der Waals surface area contributed by atoms with E-state index >= 15 is 0 Å². The molecule has 1 unspecified atom stereocenters. The molecule has 2 aromatic carbocycles. The van der Waals surface area contributed by atoms with Crippen LogP contribution in [0.25, 0.3) is 0 Å². The van der Waals surface area contributed by atoms with Gasteiger partial charge in [-0.3, -0.25) is 0 Å². The summed E-state index contributed by atoms with van der Waals surface area (Å²) in [7, 11) is 2.02. The Hall–Kier alpha value is -1.25. The lowest BCUT2D eigenvalue weighted by Gasteiger charge is -2.16. The van der Waals surface area contributed by atoms with Crippen LogP contribution in [0, 0.1) is 6.92 Å². The summed E-state index contributed by atoms with van der Waals surface area (Å²) in [6, 6.07) is 19.7. The molecule has 2 heteroatoms. The van der Waals surface area contributed by atoms with E-state index in [4.69, 9.17) is 0 Å². The smallest absolute Gasteiger partial charge is 0.0412 e. The highest BCUT2D eigenvalue weighted by Gasteiger charge is 2.09. The Morgan fingerprint density at radius 1 is 1.00 bits per heavy atom. The minimum atomic E-state index is 0.399. The highest BCUT2D eigenvalue weighted by atomic mass is 32.2. The van der Waals surface area contributed by atoms with Crippen LogP contribution in [-0.2, 0) is 0 Å². The van der Waals surface area contributed by atoms with Crippen molar-refractivity contribution in [2.75, 3.05) is 12.8 Å². The fourth-order valence-corrected chi connectivity index (χ4v) is 2.91. The van der Waals surface area contributed by atoms with Crippen LogP contribution in [0.1, 0.15) is 17.2 Å². The third-order valence-electron chi connectivity index (χ3n) is 2.99. The molecule has 0 aliphatic rings. The van der Waals surface area contributed by atoms with Gasteiger partial charge in [-0.15, -0.1) is 11.8 Å². The van der Waals surface area contributed by atoms with E-state index in [-0.39, 0.29) is 0 Å². The summed E-state index contributed by atoms with van der Waals surface area (Å²) >= 11 is 1.89. The zero-order valence-corrected chi connectivity index (χ0v) is 11.7. The lowest BCUT2D eigenvalue weighted by atomic mass is 10.1. The van der Waals surface area contributed by atoms with E-state index in [1.807, 2.05) is 18.8 Å². The third-order valence-corrected chi connectivity index (χ3v) is 4.09. The predicted octanol–water partition coefficient (Wildman–Crippen LogP) is 4.05. The molecule has 1 atom stereocenters. The Labute approximate surface area is 114 Å². The van der Waals surface area contributed by atoms with Crippen molar-refractivity contribution >= 4 is 11.8 Å². The van der Waals surface area contributed by atoms with Gasteiger partial charge in [-0.25, -0.2) is 0 Å². The number of nitrogens with one attached hydrogen (secondary N) is 1. The second kappa shape index (κ2) is 6.62. The average molecular weight is 257 g/mol. The standard InChI is InChI=1S/C16H19NS/c1-13-8-10-14(11-9-13)16(17-2)12-18-15-6-4-3-5-7-15/h3-11,16-17H,12H2,1-2H3.